The van der Waals surface area contributed by atoms with Crippen LogP contribution in [0.25, 0.3) is 0 Å². The molecule has 0 aromatic heterocycles. The molecule has 2 rings (SSSR count). The SMILES string of the molecule is COC(=O)C([C@H]1C[C@@H]2CC[C@H]1C2)C(F)(F)F. The van der Waals surface area contributed by atoms with Crippen molar-refractivity contribution in [1.82, 2.24) is 0 Å². The Hall–Kier alpha value is -0.740. The topological polar surface area (TPSA) is 26.3 Å². The number of halogens is 3. The number of alkyl halides is 3. The number of methoxy groups -OCH3 is 1. The molecule has 0 saturated heterocycles. The monoisotopic (exact) mass is 236 g/mol. The highest BCUT2D eigenvalue weighted by atomic mass is 19.4. The van der Waals surface area contributed by atoms with Gasteiger partial charge in [0, 0.05) is 0 Å². The molecule has 1 unspecified atom stereocenters. The summed E-state index contributed by atoms with van der Waals surface area (Å²) >= 11 is 0. The molecule has 16 heavy (non-hydrogen) atoms. The lowest BCUT2D eigenvalue weighted by Gasteiger charge is -2.29. The molecule has 0 heterocycles. The molecule has 0 aliphatic heterocycles. The first-order valence-corrected chi connectivity index (χ1v) is 5.58. The molecule has 2 nitrogen and oxygen atoms in total. The van der Waals surface area contributed by atoms with Crippen LogP contribution in [0.3, 0.4) is 0 Å². The van der Waals surface area contributed by atoms with Crippen molar-refractivity contribution < 1.29 is 22.7 Å². The highest BCUT2D eigenvalue weighted by molar-refractivity contribution is 5.73. The Labute approximate surface area is 92.1 Å². The summed E-state index contributed by atoms with van der Waals surface area (Å²) in [5.41, 5.74) is 0. The lowest BCUT2D eigenvalue weighted by atomic mass is 9.79. The molecule has 0 aromatic rings. The highest BCUT2D eigenvalue weighted by Gasteiger charge is 2.56. The Morgan fingerprint density at radius 2 is 2.00 bits per heavy atom. The minimum absolute atomic E-state index is 0.0655. The van der Waals surface area contributed by atoms with Gasteiger partial charge < -0.3 is 4.74 Å². The summed E-state index contributed by atoms with van der Waals surface area (Å²) in [6.07, 6.45) is -1.23. The van der Waals surface area contributed by atoms with Crippen LogP contribution in [-0.4, -0.2) is 19.3 Å². The second kappa shape index (κ2) is 3.93. The molecular weight excluding hydrogens is 221 g/mol. The first kappa shape index (κ1) is 11.7. The van der Waals surface area contributed by atoms with Gasteiger partial charge in [0.1, 0.15) is 0 Å². The summed E-state index contributed by atoms with van der Waals surface area (Å²) < 4.78 is 42.8. The number of rotatable bonds is 2. The van der Waals surface area contributed by atoms with Crippen LogP contribution < -0.4 is 0 Å². The molecule has 2 aliphatic carbocycles. The molecule has 2 bridgehead atoms. The van der Waals surface area contributed by atoms with Crippen LogP contribution in [-0.2, 0) is 9.53 Å². The summed E-state index contributed by atoms with van der Waals surface area (Å²) in [6, 6.07) is 0. The van der Waals surface area contributed by atoms with Crippen molar-refractivity contribution in [3.8, 4) is 0 Å². The molecule has 92 valence electrons. The molecule has 2 aliphatic rings. The third-order valence-corrected chi connectivity index (χ3v) is 4.03. The predicted molar refractivity (Wildman–Crippen MR) is 50.5 cm³/mol. The largest absolute Gasteiger partial charge is 0.469 e. The summed E-state index contributed by atoms with van der Waals surface area (Å²) in [5.74, 6) is -3.12. The van der Waals surface area contributed by atoms with Crippen LogP contribution >= 0.6 is 0 Å². The number of carbonyl (C=O) groups is 1. The van der Waals surface area contributed by atoms with Gasteiger partial charge >= 0.3 is 12.1 Å². The van der Waals surface area contributed by atoms with Gasteiger partial charge in [-0.3, -0.25) is 4.79 Å². The van der Waals surface area contributed by atoms with E-state index in [9.17, 15) is 18.0 Å². The van der Waals surface area contributed by atoms with E-state index in [0.29, 0.717) is 12.3 Å². The fraction of sp³-hybridized carbons (Fsp3) is 0.909. The molecule has 2 saturated carbocycles. The fourth-order valence-electron chi connectivity index (χ4n) is 3.38. The highest BCUT2D eigenvalue weighted by Crippen LogP contribution is 2.54. The Morgan fingerprint density at radius 3 is 2.38 bits per heavy atom. The second-order valence-corrected chi connectivity index (χ2v) is 4.88. The average Bonchev–Trinajstić information content (AvgIpc) is 2.77. The standard InChI is InChI=1S/C11H15F3O2/c1-16-10(15)9(11(12,13)14)8-5-6-2-3-7(8)4-6/h6-9H,2-5H2,1H3/t6-,7+,8+,9?/m1/s1. The number of esters is 1. The zero-order valence-corrected chi connectivity index (χ0v) is 9.09. The van der Waals surface area contributed by atoms with E-state index in [1.165, 1.54) is 0 Å². The molecule has 0 aromatic carbocycles. The number of carbonyl (C=O) groups excluding carboxylic acids is 1. The van der Waals surface area contributed by atoms with Gasteiger partial charge in [-0.05, 0) is 37.0 Å². The Kier molecular flexibility index (Phi) is 2.88. The maximum Gasteiger partial charge on any atom is 0.402 e. The lowest BCUT2D eigenvalue weighted by molar-refractivity contribution is -0.209. The van der Waals surface area contributed by atoms with Crippen molar-refractivity contribution in [3.63, 3.8) is 0 Å². The Morgan fingerprint density at radius 1 is 1.31 bits per heavy atom. The van der Waals surface area contributed by atoms with Crippen molar-refractivity contribution in [2.75, 3.05) is 7.11 Å². The Balaban J connectivity index is 2.16. The van der Waals surface area contributed by atoms with Gasteiger partial charge in [-0.2, -0.15) is 13.2 Å². The molecule has 5 heteroatoms. The first-order valence-electron chi connectivity index (χ1n) is 5.58. The number of hydrogen-bond acceptors (Lipinski definition) is 2. The summed E-state index contributed by atoms with van der Waals surface area (Å²) in [4.78, 5) is 11.3. The van der Waals surface area contributed by atoms with Crippen LogP contribution in [0.15, 0.2) is 0 Å². The third kappa shape index (κ3) is 1.92. The first-order chi connectivity index (χ1) is 7.43. The molecule has 2 fully saturated rings. The smallest absolute Gasteiger partial charge is 0.402 e. The van der Waals surface area contributed by atoms with Crippen molar-refractivity contribution in [2.24, 2.45) is 23.7 Å². The number of hydrogen-bond donors (Lipinski definition) is 0. The zero-order valence-electron chi connectivity index (χ0n) is 9.09. The molecule has 0 N–H and O–H groups in total. The summed E-state index contributed by atoms with van der Waals surface area (Å²) in [7, 11) is 1.02. The number of fused-ring (bicyclic) bond motifs is 2. The van der Waals surface area contributed by atoms with E-state index in [-0.39, 0.29) is 5.92 Å². The molecule has 0 amide bonds. The maximum atomic E-state index is 12.8. The van der Waals surface area contributed by atoms with Crippen molar-refractivity contribution >= 4 is 5.97 Å². The minimum atomic E-state index is -4.47. The normalized spacial score (nSPS) is 35.1. The van der Waals surface area contributed by atoms with Crippen LogP contribution in [0.5, 0.6) is 0 Å². The van der Waals surface area contributed by atoms with E-state index >= 15 is 0 Å². The van der Waals surface area contributed by atoms with Gasteiger partial charge in [0.05, 0.1) is 7.11 Å². The van der Waals surface area contributed by atoms with Crippen molar-refractivity contribution in [2.45, 2.75) is 31.9 Å². The maximum absolute atomic E-state index is 12.8. The molecule has 4 atom stereocenters. The minimum Gasteiger partial charge on any atom is -0.469 e. The van der Waals surface area contributed by atoms with E-state index in [2.05, 4.69) is 4.74 Å². The van der Waals surface area contributed by atoms with Gasteiger partial charge in [0.15, 0.2) is 5.92 Å². The Bertz CT molecular complexity index is 287. The van der Waals surface area contributed by atoms with Crippen LogP contribution in [0.1, 0.15) is 25.7 Å². The van der Waals surface area contributed by atoms with E-state index in [0.717, 1.165) is 26.4 Å². The van der Waals surface area contributed by atoms with Crippen LogP contribution in [0.2, 0.25) is 0 Å². The predicted octanol–water partition coefficient (Wildman–Crippen LogP) is 2.77. The van der Waals surface area contributed by atoms with Crippen molar-refractivity contribution in [1.29, 1.82) is 0 Å². The molecule has 0 spiro atoms. The van der Waals surface area contributed by atoms with Gasteiger partial charge in [-0.25, -0.2) is 0 Å². The van der Waals surface area contributed by atoms with Crippen LogP contribution in [0.4, 0.5) is 13.2 Å². The van der Waals surface area contributed by atoms with Crippen molar-refractivity contribution in [3.05, 3.63) is 0 Å². The lowest BCUT2D eigenvalue weighted by Crippen LogP contribution is -2.39. The van der Waals surface area contributed by atoms with Gasteiger partial charge in [-0.1, -0.05) is 6.42 Å². The fourth-order valence-corrected chi connectivity index (χ4v) is 3.38. The molecular formula is C11H15F3O2. The zero-order chi connectivity index (χ0) is 11.9. The summed E-state index contributed by atoms with van der Waals surface area (Å²) in [5, 5.41) is 0. The average molecular weight is 236 g/mol. The van der Waals surface area contributed by atoms with E-state index in [1.54, 1.807) is 0 Å². The van der Waals surface area contributed by atoms with Crippen LogP contribution in [0, 0.1) is 23.7 Å². The number of ether oxygens (including phenoxy) is 1. The van der Waals surface area contributed by atoms with Gasteiger partial charge in [0.2, 0.25) is 0 Å². The molecule has 0 radical (unpaired) electrons. The van der Waals surface area contributed by atoms with Gasteiger partial charge in [0.25, 0.3) is 0 Å². The van der Waals surface area contributed by atoms with E-state index in [4.69, 9.17) is 0 Å². The summed E-state index contributed by atoms with van der Waals surface area (Å²) in [6.45, 7) is 0. The van der Waals surface area contributed by atoms with Gasteiger partial charge in [-0.15, -0.1) is 0 Å². The third-order valence-electron chi connectivity index (χ3n) is 4.03. The van der Waals surface area contributed by atoms with E-state index in [1.807, 2.05) is 0 Å². The second-order valence-electron chi connectivity index (χ2n) is 4.88. The van der Waals surface area contributed by atoms with E-state index < -0.39 is 24.0 Å². The quantitative estimate of drug-likeness (QED) is 0.689.